The molecule has 0 fully saturated rings. The number of benzene rings is 1. The minimum Gasteiger partial charge on any atom is -0.372 e. The zero-order chi connectivity index (χ0) is 17.4. The average molecular weight is 338 g/mol. The van der Waals surface area contributed by atoms with Gasteiger partial charge in [0.05, 0.1) is 5.69 Å². The molecule has 5 nitrogen and oxygen atoms in total. The van der Waals surface area contributed by atoms with E-state index < -0.39 is 0 Å². The summed E-state index contributed by atoms with van der Waals surface area (Å²) in [6, 6.07) is 6.93. The van der Waals surface area contributed by atoms with Gasteiger partial charge in [-0.1, -0.05) is 12.1 Å². The van der Waals surface area contributed by atoms with E-state index in [4.69, 9.17) is 0 Å². The molecule has 0 unspecified atom stereocenters. The topological polar surface area (TPSA) is 52.2 Å². The van der Waals surface area contributed by atoms with Gasteiger partial charge in [0.1, 0.15) is 5.82 Å². The number of anilines is 1. The van der Waals surface area contributed by atoms with Crippen LogP contribution in [0, 0.1) is 6.92 Å². The van der Waals surface area contributed by atoms with Crippen molar-refractivity contribution in [2.24, 2.45) is 0 Å². The second-order valence-corrected chi connectivity index (χ2v) is 7.18. The summed E-state index contributed by atoms with van der Waals surface area (Å²) in [5.74, 6) is 0.707. The molecule has 0 saturated heterocycles. The third-order valence-electron chi connectivity index (χ3n) is 5.42. The Labute approximate surface area is 148 Å². The number of aromatic amines is 1. The molecule has 5 heteroatoms. The van der Waals surface area contributed by atoms with Gasteiger partial charge >= 0.3 is 0 Å². The first-order valence-electron chi connectivity index (χ1n) is 9.32. The Balaban J connectivity index is 1.52. The summed E-state index contributed by atoms with van der Waals surface area (Å²) in [7, 11) is 0. The second kappa shape index (κ2) is 6.64. The summed E-state index contributed by atoms with van der Waals surface area (Å²) in [6.45, 7) is 8.93. The molecule has 0 bridgehead atoms. The lowest BCUT2D eigenvalue weighted by Crippen LogP contribution is -2.35. The molecule has 0 saturated carbocycles. The Morgan fingerprint density at radius 3 is 2.96 bits per heavy atom. The third kappa shape index (κ3) is 3.21. The molecule has 1 aromatic carbocycles. The van der Waals surface area contributed by atoms with Crippen molar-refractivity contribution in [2.45, 2.75) is 46.2 Å². The lowest BCUT2D eigenvalue weighted by Gasteiger charge is -2.31. The summed E-state index contributed by atoms with van der Waals surface area (Å²) in [4.78, 5) is 24.3. The maximum absolute atomic E-state index is 12.1. The summed E-state index contributed by atoms with van der Waals surface area (Å²) >= 11 is 0. The molecule has 4 rings (SSSR count). The summed E-state index contributed by atoms with van der Waals surface area (Å²) < 4.78 is 0. The first-order valence-corrected chi connectivity index (χ1v) is 9.32. The Hall–Kier alpha value is -2.14. The summed E-state index contributed by atoms with van der Waals surface area (Å²) in [5, 5.41) is 0. The van der Waals surface area contributed by atoms with Crippen molar-refractivity contribution in [1.29, 1.82) is 0 Å². The minimum absolute atomic E-state index is 0.0376. The van der Waals surface area contributed by atoms with E-state index in [1.54, 1.807) is 0 Å². The minimum atomic E-state index is 0.0376. The number of nitrogens with one attached hydrogen (secondary N) is 1. The summed E-state index contributed by atoms with van der Waals surface area (Å²) in [5.41, 5.74) is 6.10. The van der Waals surface area contributed by atoms with Gasteiger partial charge in [-0.25, -0.2) is 4.98 Å². The standard InChI is InChI=1S/C20H26N4O/c1-3-24-9-4-5-16-11-15(6-7-19(16)24)12-23-10-8-17-18(13-23)21-14(2)22-20(17)25/h6-7,11H,3-5,8-10,12-13H2,1-2H3,(H,21,22,25). The van der Waals surface area contributed by atoms with Gasteiger partial charge in [0, 0.05) is 44.0 Å². The van der Waals surface area contributed by atoms with Crippen molar-refractivity contribution in [2.75, 3.05) is 24.5 Å². The lowest BCUT2D eigenvalue weighted by atomic mass is 9.98. The molecule has 0 spiro atoms. The number of aryl methyl sites for hydroxylation is 2. The highest BCUT2D eigenvalue weighted by atomic mass is 16.1. The van der Waals surface area contributed by atoms with E-state index in [1.807, 2.05) is 6.92 Å². The lowest BCUT2D eigenvalue weighted by molar-refractivity contribution is 0.240. The average Bonchev–Trinajstić information content (AvgIpc) is 2.60. The highest BCUT2D eigenvalue weighted by Crippen LogP contribution is 2.28. The molecule has 0 atom stereocenters. The third-order valence-corrected chi connectivity index (χ3v) is 5.42. The van der Waals surface area contributed by atoms with Crippen LogP contribution in [0.1, 0.15) is 41.6 Å². The Bertz CT molecular complexity index is 842. The van der Waals surface area contributed by atoms with Gasteiger partial charge in [-0.2, -0.15) is 0 Å². The molecule has 1 N–H and O–H groups in total. The van der Waals surface area contributed by atoms with E-state index in [0.29, 0.717) is 5.82 Å². The van der Waals surface area contributed by atoms with Crippen LogP contribution in [0.2, 0.25) is 0 Å². The monoisotopic (exact) mass is 338 g/mol. The highest BCUT2D eigenvalue weighted by molar-refractivity contribution is 5.56. The van der Waals surface area contributed by atoms with E-state index in [0.717, 1.165) is 43.9 Å². The first-order chi connectivity index (χ1) is 12.1. The molecular formula is C20H26N4O. The zero-order valence-corrected chi connectivity index (χ0v) is 15.1. The molecule has 25 heavy (non-hydrogen) atoms. The van der Waals surface area contributed by atoms with Crippen molar-refractivity contribution in [3.05, 3.63) is 56.8 Å². The SMILES string of the molecule is CCN1CCCc2cc(CN3CCc4c(nc(C)[nH]c4=O)C3)ccc21. The number of nitrogens with zero attached hydrogens (tertiary/aromatic N) is 3. The van der Waals surface area contributed by atoms with E-state index in [1.165, 1.54) is 36.2 Å². The van der Waals surface area contributed by atoms with Crippen LogP contribution >= 0.6 is 0 Å². The van der Waals surface area contributed by atoms with Gasteiger partial charge < -0.3 is 9.88 Å². The quantitative estimate of drug-likeness (QED) is 0.934. The van der Waals surface area contributed by atoms with Crippen LogP contribution in [0.5, 0.6) is 0 Å². The number of rotatable bonds is 3. The fourth-order valence-electron chi connectivity index (χ4n) is 4.17. The molecular weight excluding hydrogens is 312 g/mol. The molecule has 2 aliphatic rings. The van der Waals surface area contributed by atoms with Crippen LogP contribution < -0.4 is 10.5 Å². The van der Waals surface area contributed by atoms with Crippen molar-refractivity contribution in [3.8, 4) is 0 Å². The van der Waals surface area contributed by atoms with Crippen molar-refractivity contribution in [1.82, 2.24) is 14.9 Å². The number of aromatic nitrogens is 2. The largest absolute Gasteiger partial charge is 0.372 e. The number of hydrogen-bond acceptors (Lipinski definition) is 4. The van der Waals surface area contributed by atoms with Crippen LogP contribution in [0.3, 0.4) is 0 Å². The second-order valence-electron chi connectivity index (χ2n) is 7.18. The molecule has 2 aliphatic heterocycles. The number of H-pyrrole nitrogens is 1. The van der Waals surface area contributed by atoms with Crippen molar-refractivity contribution in [3.63, 3.8) is 0 Å². The highest BCUT2D eigenvalue weighted by Gasteiger charge is 2.21. The smallest absolute Gasteiger partial charge is 0.254 e. The van der Waals surface area contributed by atoms with Gasteiger partial charge in [-0.3, -0.25) is 9.69 Å². The van der Waals surface area contributed by atoms with Gasteiger partial charge in [0.15, 0.2) is 0 Å². The van der Waals surface area contributed by atoms with Crippen LogP contribution in [0.25, 0.3) is 0 Å². The molecule has 132 valence electrons. The number of fused-ring (bicyclic) bond motifs is 2. The van der Waals surface area contributed by atoms with Crippen LogP contribution in [-0.4, -0.2) is 34.5 Å². The molecule has 3 heterocycles. The molecule has 0 aliphatic carbocycles. The molecule has 0 amide bonds. The molecule has 0 radical (unpaired) electrons. The molecule has 2 aromatic rings. The van der Waals surface area contributed by atoms with Crippen molar-refractivity contribution < 1.29 is 0 Å². The normalized spacial score (nSPS) is 17.3. The fraction of sp³-hybridized carbons (Fsp3) is 0.500. The molecule has 1 aromatic heterocycles. The van der Waals surface area contributed by atoms with Gasteiger partial charge in [-0.05, 0) is 50.3 Å². The van der Waals surface area contributed by atoms with Gasteiger partial charge in [0.25, 0.3) is 5.56 Å². The Kier molecular flexibility index (Phi) is 4.34. The van der Waals surface area contributed by atoms with E-state index in [9.17, 15) is 4.79 Å². The maximum Gasteiger partial charge on any atom is 0.254 e. The fourth-order valence-corrected chi connectivity index (χ4v) is 4.17. The Morgan fingerprint density at radius 2 is 2.12 bits per heavy atom. The number of hydrogen-bond donors (Lipinski definition) is 1. The zero-order valence-electron chi connectivity index (χ0n) is 15.1. The van der Waals surface area contributed by atoms with Crippen LogP contribution in [0.15, 0.2) is 23.0 Å². The first kappa shape index (κ1) is 16.3. The summed E-state index contributed by atoms with van der Waals surface area (Å²) in [6.07, 6.45) is 3.21. The maximum atomic E-state index is 12.1. The van der Waals surface area contributed by atoms with E-state index in [2.05, 4.69) is 44.9 Å². The van der Waals surface area contributed by atoms with Gasteiger partial charge in [-0.15, -0.1) is 0 Å². The van der Waals surface area contributed by atoms with E-state index in [-0.39, 0.29) is 5.56 Å². The predicted octanol–water partition coefficient (Wildman–Crippen LogP) is 2.41. The van der Waals surface area contributed by atoms with Crippen LogP contribution in [-0.2, 0) is 25.9 Å². The van der Waals surface area contributed by atoms with Gasteiger partial charge in [0.2, 0.25) is 0 Å². The Morgan fingerprint density at radius 1 is 1.24 bits per heavy atom. The van der Waals surface area contributed by atoms with E-state index >= 15 is 0 Å². The predicted molar refractivity (Wildman–Crippen MR) is 100 cm³/mol. The van der Waals surface area contributed by atoms with Crippen molar-refractivity contribution >= 4 is 5.69 Å². The van der Waals surface area contributed by atoms with Crippen LogP contribution in [0.4, 0.5) is 5.69 Å².